The molecule has 0 saturated heterocycles. The molecule has 2 aromatic rings. The lowest BCUT2D eigenvalue weighted by atomic mass is 10.2. The van der Waals surface area contributed by atoms with E-state index < -0.39 is 0 Å². The summed E-state index contributed by atoms with van der Waals surface area (Å²) < 4.78 is 6.77. The van der Waals surface area contributed by atoms with Gasteiger partial charge in [0.25, 0.3) is 0 Å². The molecule has 0 bridgehead atoms. The lowest BCUT2D eigenvalue weighted by molar-refractivity contribution is 0.415. The summed E-state index contributed by atoms with van der Waals surface area (Å²) in [5.41, 5.74) is 0.886. The molecule has 0 amide bonds. The van der Waals surface area contributed by atoms with Gasteiger partial charge in [-0.15, -0.1) is 0 Å². The second-order valence-electron chi connectivity index (χ2n) is 3.09. The van der Waals surface area contributed by atoms with Crippen molar-refractivity contribution in [1.29, 1.82) is 0 Å². The smallest absolute Gasteiger partial charge is 0.181 e. The zero-order chi connectivity index (χ0) is 10.8. The van der Waals surface area contributed by atoms with E-state index in [0.29, 0.717) is 16.6 Å². The molecule has 0 fully saturated rings. The van der Waals surface area contributed by atoms with Crippen LogP contribution < -0.4 is 4.74 Å². The van der Waals surface area contributed by atoms with Crippen LogP contribution in [0.15, 0.2) is 24.5 Å². The summed E-state index contributed by atoms with van der Waals surface area (Å²) in [5.74, 6) is 1.29. The van der Waals surface area contributed by atoms with Crippen molar-refractivity contribution >= 4 is 11.6 Å². The third-order valence-electron chi connectivity index (χ3n) is 2.01. The fourth-order valence-corrected chi connectivity index (χ4v) is 1.47. The zero-order valence-corrected chi connectivity index (χ0v) is 9.19. The highest BCUT2D eigenvalue weighted by molar-refractivity contribution is 6.32. The van der Waals surface area contributed by atoms with Gasteiger partial charge in [0, 0.05) is 12.6 Å². The first-order chi connectivity index (χ1) is 7.20. The lowest BCUT2D eigenvalue weighted by Crippen LogP contribution is -1.89. The van der Waals surface area contributed by atoms with Crippen LogP contribution in [0.25, 0.3) is 11.4 Å². The Labute approximate surface area is 92.5 Å². The molecule has 5 heteroatoms. The monoisotopic (exact) mass is 223 g/mol. The molecule has 78 valence electrons. The Hall–Kier alpha value is -1.55. The van der Waals surface area contributed by atoms with Crippen molar-refractivity contribution in [3.8, 4) is 17.1 Å². The Kier molecular flexibility index (Phi) is 2.60. The molecule has 2 rings (SSSR count). The molecule has 0 N–H and O–H groups in total. The van der Waals surface area contributed by atoms with Gasteiger partial charge in [0.2, 0.25) is 0 Å². The number of hydrogen-bond acceptors (Lipinski definition) is 3. The molecule has 1 heterocycles. The van der Waals surface area contributed by atoms with Gasteiger partial charge in [-0.2, -0.15) is 5.10 Å². The Bertz CT molecular complexity index is 481. The molecule has 0 radical (unpaired) electrons. The second kappa shape index (κ2) is 3.90. The standard InChI is InChI=1S/C10H10ClN3O/c1-14-6-12-10(13-14)7-3-4-8(11)9(5-7)15-2/h3-6H,1-2H3. The number of aromatic nitrogens is 3. The van der Waals surface area contributed by atoms with Crippen molar-refractivity contribution in [3.63, 3.8) is 0 Å². The fraction of sp³-hybridized carbons (Fsp3) is 0.200. The number of ether oxygens (including phenoxy) is 1. The van der Waals surface area contributed by atoms with Crippen LogP contribution in [-0.2, 0) is 7.05 Å². The van der Waals surface area contributed by atoms with Crippen molar-refractivity contribution in [2.24, 2.45) is 7.05 Å². The molecule has 0 spiro atoms. The topological polar surface area (TPSA) is 39.9 Å². The predicted octanol–water partition coefficient (Wildman–Crippen LogP) is 2.14. The second-order valence-corrected chi connectivity index (χ2v) is 3.50. The molecule has 0 saturated carbocycles. The number of nitrogens with zero attached hydrogens (tertiary/aromatic N) is 3. The Morgan fingerprint density at radius 1 is 1.40 bits per heavy atom. The minimum atomic E-state index is 0.581. The van der Waals surface area contributed by atoms with Crippen LogP contribution in [0.3, 0.4) is 0 Å². The van der Waals surface area contributed by atoms with E-state index in [1.807, 2.05) is 19.2 Å². The van der Waals surface area contributed by atoms with E-state index in [1.165, 1.54) is 0 Å². The van der Waals surface area contributed by atoms with E-state index in [2.05, 4.69) is 10.1 Å². The molecule has 0 aliphatic carbocycles. The van der Waals surface area contributed by atoms with Crippen molar-refractivity contribution < 1.29 is 4.74 Å². The third kappa shape index (κ3) is 1.94. The Morgan fingerprint density at radius 3 is 2.80 bits per heavy atom. The van der Waals surface area contributed by atoms with Crippen LogP contribution in [0.5, 0.6) is 5.75 Å². The average molecular weight is 224 g/mol. The molecule has 1 aromatic heterocycles. The average Bonchev–Trinajstić information content (AvgIpc) is 2.66. The normalized spacial score (nSPS) is 10.3. The van der Waals surface area contributed by atoms with Gasteiger partial charge in [0.15, 0.2) is 5.82 Å². The molecule has 0 unspecified atom stereocenters. The van der Waals surface area contributed by atoms with Gasteiger partial charge in [-0.3, -0.25) is 4.68 Å². The molecule has 4 nitrogen and oxygen atoms in total. The predicted molar refractivity (Wildman–Crippen MR) is 58.0 cm³/mol. The van der Waals surface area contributed by atoms with Crippen LogP contribution >= 0.6 is 11.6 Å². The van der Waals surface area contributed by atoms with Crippen molar-refractivity contribution in [2.45, 2.75) is 0 Å². The Morgan fingerprint density at radius 2 is 2.20 bits per heavy atom. The summed E-state index contributed by atoms with van der Waals surface area (Å²) in [4.78, 5) is 4.14. The lowest BCUT2D eigenvalue weighted by Gasteiger charge is -2.03. The molecular formula is C10H10ClN3O. The van der Waals surface area contributed by atoms with Crippen LogP contribution in [0.2, 0.25) is 5.02 Å². The van der Waals surface area contributed by atoms with E-state index in [9.17, 15) is 0 Å². The maximum atomic E-state index is 5.92. The summed E-state index contributed by atoms with van der Waals surface area (Å²) in [6.07, 6.45) is 1.65. The maximum Gasteiger partial charge on any atom is 0.181 e. The van der Waals surface area contributed by atoms with E-state index in [0.717, 1.165) is 5.56 Å². The Balaban J connectivity index is 2.45. The van der Waals surface area contributed by atoms with Gasteiger partial charge in [-0.25, -0.2) is 4.98 Å². The van der Waals surface area contributed by atoms with Gasteiger partial charge in [-0.1, -0.05) is 11.6 Å². The number of hydrogen-bond donors (Lipinski definition) is 0. The van der Waals surface area contributed by atoms with Crippen molar-refractivity contribution in [1.82, 2.24) is 14.8 Å². The fourth-order valence-electron chi connectivity index (χ4n) is 1.27. The quantitative estimate of drug-likeness (QED) is 0.783. The highest BCUT2D eigenvalue weighted by Gasteiger charge is 2.06. The van der Waals surface area contributed by atoms with Gasteiger partial charge < -0.3 is 4.74 Å². The van der Waals surface area contributed by atoms with Crippen molar-refractivity contribution in [2.75, 3.05) is 7.11 Å². The number of halogens is 1. The number of rotatable bonds is 2. The van der Waals surface area contributed by atoms with Gasteiger partial charge >= 0.3 is 0 Å². The van der Waals surface area contributed by atoms with Crippen LogP contribution in [0, 0.1) is 0 Å². The number of benzene rings is 1. The first kappa shape index (κ1) is 9.98. The van der Waals surface area contributed by atoms with Gasteiger partial charge in [0.05, 0.1) is 12.1 Å². The molecular weight excluding hydrogens is 214 g/mol. The third-order valence-corrected chi connectivity index (χ3v) is 2.32. The summed E-state index contributed by atoms with van der Waals surface area (Å²) in [6.45, 7) is 0. The van der Waals surface area contributed by atoms with Gasteiger partial charge in [0.1, 0.15) is 12.1 Å². The van der Waals surface area contributed by atoms with E-state index >= 15 is 0 Å². The van der Waals surface area contributed by atoms with E-state index in [-0.39, 0.29) is 0 Å². The first-order valence-corrected chi connectivity index (χ1v) is 4.78. The molecule has 0 aliphatic rings. The first-order valence-electron chi connectivity index (χ1n) is 4.40. The molecule has 0 aliphatic heterocycles. The van der Waals surface area contributed by atoms with Crippen LogP contribution in [0.4, 0.5) is 0 Å². The zero-order valence-electron chi connectivity index (χ0n) is 8.44. The SMILES string of the molecule is COc1cc(-c2ncn(C)n2)ccc1Cl. The van der Waals surface area contributed by atoms with E-state index in [4.69, 9.17) is 16.3 Å². The highest BCUT2D eigenvalue weighted by Crippen LogP contribution is 2.28. The molecule has 0 atom stereocenters. The van der Waals surface area contributed by atoms with Gasteiger partial charge in [-0.05, 0) is 18.2 Å². The van der Waals surface area contributed by atoms with Crippen molar-refractivity contribution in [3.05, 3.63) is 29.5 Å². The minimum absolute atomic E-state index is 0.581. The highest BCUT2D eigenvalue weighted by atomic mass is 35.5. The summed E-state index contributed by atoms with van der Waals surface area (Å²) >= 11 is 5.92. The maximum absolute atomic E-state index is 5.92. The summed E-state index contributed by atoms with van der Waals surface area (Å²) in [5, 5.41) is 4.77. The molecule has 1 aromatic carbocycles. The summed E-state index contributed by atoms with van der Waals surface area (Å²) in [6, 6.07) is 5.45. The minimum Gasteiger partial charge on any atom is -0.495 e. The summed E-state index contributed by atoms with van der Waals surface area (Å²) in [7, 11) is 3.40. The molecule has 15 heavy (non-hydrogen) atoms. The number of aryl methyl sites for hydroxylation is 1. The van der Waals surface area contributed by atoms with Crippen LogP contribution in [-0.4, -0.2) is 21.9 Å². The number of methoxy groups -OCH3 is 1. The van der Waals surface area contributed by atoms with Crippen LogP contribution in [0.1, 0.15) is 0 Å². The van der Waals surface area contributed by atoms with E-state index in [1.54, 1.807) is 24.2 Å². The largest absolute Gasteiger partial charge is 0.495 e.